The second kappa shape index (κ2) is 12.9. The monoisotopic (exact) mass is 458 g/mol. The molecule has 182 valence electrons. The van der Waals surface area contributed by atoms with Gasteiger partial charge in [-0.15, -0.1) is 0 Å². The Morgan fingerprint density at radius 2 is 1.76 bits per heavy atom. The van der Waals surface area contributed by atoms with E-state index in [2.05, 4.69) is 0 Å². The highest BCUT2D eigenvalue weighted by molar-refractivity contribution is 5.85. The summed E-state index contributed by atoms with van der Waals surface area (Å²) in [5.41, 5.74) is 1.03. The van der Waals surface area contributed by atoms with Gasteiger partial charge < -0.3 is 23.7 Å². The molecule has 0 N–H and O–H groups in total. The maximum Gasteiger partial charge on any atom is 0.242 e. The van der Waals surface area contributed by atoms with Crippen LogP contribution in [0.15, 0.2) is 41.0 Å². The molecule has 33 heavy (non-hydrogen) atoms. The van der Waals surface area contributed by atoms with Gasteiger partial charge in [0.1, 0.15) is 12.3 Å². The number of carbonyl (C=O) groups excluding carboxylic acids is 2. The fraction of sp³-hybridized carbons (Fsp3) is 0.538. The molecule has 0 saturated carbocycles. The third kappa shape index (κ3) is 7.84. The average molecular weight is 459 g/mol. The van der Waals surface area contributed by atoms with E-state index in [1.807, 2.05) is 58.0 Å². The fourth-order valence-electron chi connectivity index (χ4n) is 3.61. The van der Waals surface area contributed by atoms with Crippen molar-refractivity contribution in [1.29, 1.82) is 0 Å². The number of methoxy groups -OCH3 is 2. The lowest BCUT2D eigenvalue weighted by molar-refractivity contribution is -0.143. The lowest BCUT2D eigenvalue weighted by atomic mass is 10.1. The lowest BCUT2D eigenvalue weighted by Gasteiger charge is -2.31. The molecule has 2 aromatic rings. The molecule has 1 atom stereocenters. The number of carbonyl (C=O) groups is 2. The summed E-state index contributed by atoms with van der Waals surface area (Å²) >= 11 is 0. The highest BCUT2D eigenvalue weighted by atomic mass is 16.5. The van der Waals surface area contributed by atoms with Crippen molar-refractivity contribution in [3.05, 3.63) is 47.9 Å². The zero-order valence-electron chi connectivity index (χ0n) is 20.8. The van der Waals surface area contributed by atoms with E-state index in [4.69, 9.17) is 13.9 Å². The zero-order valence-corrected chi connectivity index (χ0v) is 20.8. The first kappa shape index (κ1) is 26.3. The summed E-state index contributed by atoms with van der Waals surface area (Å²) in [6.45, 7) is 8.96. The van der Waals surface area contributed by atoms with Crippen LogP contribution in [0.25, 0.3) is 0 Å². The molecular formula is C26H38N2O5. The first-order chi connectivity index (χ1) is 15.8. The van der Waals surface area contributed by atoms with Gasteiger partial charge in [-0.3, -0.25) is 9.59 Å². The first-order valence-electron chi connectivity index (χ1n) is 11.6. The molecular weight excluding hydrogens is 420 g/mol. The van der Waals surface area contributed by atoms with Crippen LogP contribution in [0.1, 0.15) is 51.9 Å². The van der Waals surface area contributed by atoms with E-state index in [1.54, 1.807) is 30.3 Å². The van der Waals surface area contributed by atoms with Gasteiger partial charge in [-0.25, -0.2) is 0 Å². The summed E-state index contributed by atoms with van der Waals surface area (Å²) in [7, 11) is 3.21. The Labute approximate surface area is 197 Å². The van der Waals surface area contributed by atoms with Crippen LogP contribution in [-0.4, -0.2) is 55.0 Å². The molecule has 7 heteroatoms. The molecule has 0 aliphatic carbocycles. The number of amides is 2. The standard InChI is InChI=1S/C26H38N2O5/c1-7-20(4)28(25(29)15-19(2)3)18-26(30)27(17-22-9-8-14-33-22)13-12-21-10-11-23(31-5)24(16-21)32-6/h8-11,14,16,19-20H,7,12-13,15,17-18H2,1-6H3/t20-/m0/s1. The molecule has 0 saturated heterocycles. The van der Waals surface area contributed by atoms with E-state index in [9.17, 15) is 9.59 Å². The highest BCUT2D eigenvalue weighted by Gasteiger charge is 2.25. The minimum absolute atomic E-state index is 0.00323. The predicted molar refractivity (Wildman–Crippen MR) is 128 cm³/mol. The number of rotatable bonds is 13. The van der Waals surface area contributed by atoms with Crippen LogP contribution in [0.4, 0.5) is 0 Å². The zero-order chi connectivity index (χ0) is 24.4. The predicted octanol–water partition coefficient (Wildman–Crippen LogP) is 4.54. The van der Waals surface area contributed by atoms with E-state index in [0.717, 1.165) is 12.0 Å². The summed E-state index contributed by atoms with van der Waals surface area (Å²) in [5.74, 6) is 2.19. The second-order valence-corrected chi connectivity index (χ2v) is 8.71. The van der Waals surface area contributed by atoms with Gasteiger partial charge in [0, 0.05) is 19.0 Å². The Morgan fingerprint density at radius 3 is 2.33 bits per heavy atom. The lowest BCUT2D eigenvalue weighted by Crippen LogP contribution is -2.47. The molecule has 1 aromatic heterocycles. The molecule has 7 nitrogen and oxygen atoms in total. The van der Waals surface area contributed by atoms with Crippen molar-refractivity contribution in [1.82, 2.24) is 9.80 Å². The van der Waals surface area contributed by atoms with Gasteiger partial charge in [0.05, 0.1) is 27.0 Å². The van der Waals surface area contributed by atoms with Crippen molar-refractivity contribution < 1.29 is 23.5 Å². The largest absolute Gasteiger partial charge is 0.493 e. The van der Waals surface area contributed by atoms with Crippen LogP contribution < -0.4 is 9.47 Å². The number of benzene rings is 1. The second-order valence-electron chi connectivity index (χ2n) is 8.71. The highest BCUT2D eigenvalue weighted by Crippen LogP contribution is 2.27. The molecule has 0 fully saturated rings. The van der Waals surface area contributed by atoms with Gasteiger partial charge >= 0.3 is 0 Å². The van der Waals surface area contributed by atoms with Crippen molar-refractivity contribution >= 4 is 11.8 Å². The quantitative estimate of drug-likeness (QED) is 0.441. The Morgan fingerprint density at radius 1 is 1.03 bits per heavy atom. The van der Waals surface area contributed by atoms with Crippen molar-refractivity contribution in [3.8, 4) is 11.5 Å². The van der Waals surface area contributed by atoms with E-state index < -0.39 is 0 Å². The molecule has 0 radical (unpaired) electrons. The van der Waals surface area contributed by atoms with Gasteiger partial charge in [0.15, 0.2) is 11.5 Å². The summed E-state index contributed by atoms with van der Waals surface area (Å²) in [6.07, 6.45) is 3.46. The number of nitrogens with zero attached hydrogens (tertiary/aromatic N) is 2. The first-order valence-corrected chi connectivity index (χ1v) is 11.6. The van der Waals surface area contributed by atoms with Gasteiger partial charge in [0.2, 0.25) is 11.8 Å². The number of hydrogen-bond acceptors (Lipinski definition) is 5. The molecule has 2 amide bonds. The maximum atomic E-state index is 13.4. The molecule has 0 spiro atoms. The van der Waals surface area contributed by atoms with Crippen LogP contribution in [0.3, 0.4) is 0 Å². The van der Waals surface area contributed by atoms with E-state index >= 15 is 0 Å². The SMILES string of the molecule is CC[C@H](C)N(CC(=O)N(CCc1ccc(OC)c(OC)c1)Cc1ccco1)C(=O)CC(C)C. The van der Waals surface area contributed by atoms with Crippen molar-refractivity contribution in [3.63, 3.8) is 0 Å². The minimum atomic E-state index is -0.0933. The Balaban J connectivity index is 2.17. The number of furan rings is 1. The van der Waals surface area contributed by atoms with Gasteiger partial charge in [-0.2, -0.15) is 0 Å². The molecule has 1 heterocycles. The van der Waals surface area contributed by atoms with Gasteiger partial charge in [-0.1, -0.05) is 26.8 Å². The van der Waals surface area contributed by atoms with Crippen LogP contribution in [0.5, 0.6) is 11.5 Å². The normalized spacial score (nSPS) is 11.8. The van der Waals surface area contributed by atoms with Gasteiger partial charge in [0.25, 0.3) is 0 Å². The third-order valence-electron chi connectivity index (χ3n) is 5.73. The van der Waals surface area contributed by atoms with Crippen LogP contribution >= 0.6 is 0 Å². The van der Waals surface area contributed by atoms with Crippen molar-refractivity contribution in [2.75, 3.05) is 27.3 Å². The van der Waals surface area contributed by atoms with Gasteiger partial charge in [-0.05, 0) is 55.5 Å². The molecule has 0 aliphatic heterocycles. The topological polar surface area (TPSA) is 72.2 Å². The molecule has 0 unspecified atom stereocenters. The number of ether oxygens (including phenoxy) is 2. The van der Waals surface area contributed by atoms with Crippen LogP contribution in [0.2, 0.25) is 0 Å². The maximum absolute atomic E-state index is 13.4. The minimum Gasteiger partial charge on any atom is -0.493 e. The molecule has 0 bridgehead atoms. The summed E-state index contributed by atoms with van der Waals surface area (Å²) < 4.78 is 16.2. The van der Waals surface area contributed by atoms with Crippen LogP contribution in [-0.2, 0) is 22.6 Å². The molecule has 2 rings (SSSR count). The van der Waals surface area contributed by atoms with E-state index in [0.29, 0.717) is 43.2 Å². The average Bonchev–Trinajstić information content (AvgIpc) is 3.31. The molecule has 0 aliphatic rings. The number of hydrogen-bond donors (Lipinski definition) is 0. The fourth-order valence-corrected chi connectivity index (χ4v) is 3.61. The van der Waals surface area contributed by atoms with Crippen LogP contribution in [0, 0.1) is 5.92 Å². The van der Waals surface area contributed by atoms with Crippen molar-refractivity contribution in [2.24, 2.45) is 5.92 Å². The third-order valence-corrected chi connectivity index (χ3v) is 5.73. The Hall–Kier alpha value is -2.96. The summed E-state index contributed by atoms with van der Waals surface area (Å²) in [4.78, 5) is 29.7. The Kier molecular flexibility index (Phi) is 10.3. The Bertz CT molecular complexity index is 879. The summed E-state index contributed by atoms with van der Waals surface area (Å²) in [5, 5.41) is 0. The van der Waals surface area contributed by atoms with E-state index in [1.165, 1.54) is 0 Å². The van der Waals surface area contributed by atoms with Crippen molar-refractivity contribution in [2.45, 2.75) is 59.5 Å². The van der Waals surface area contributed by atoms with E-state index in [-0.39, 0.29) is 30.3 Å². The molecule has 1 aromatic carbocycles. The summed E-state index contributed by atoms with van der Waals surface area (Å²) in [6, 6.07) is 9.41. The smallest absolute Gasteiger partial charge is 0.242 e.